The van der Waals surface area contributed by atoms with Crippen LogP contribution in [0.25, 0.3) is 0 Å². The second-order valence-corrected chi connectivity index (χ2v) is 8.47. The van der Waals surface area contributed by atoms with Gasteiger partial charge in [0.2, 0.25) is 0 Å². The third-order valence-corrected chi connectivity index (χ3v) is 6.56. The van der Waals surface area contributed by atoms with Crippen LogP contribution in [0.3, 0.4) is 0 Å². The maximum absolute atomic E-state index is 6.48. The fourth-order valence-electron chi connectivity index (χ4n) is 5.00. The lowest BCUT2D eigenvalue weighted by Crippen LogP contribution is -2.27. The Morgan fingerprint density at radius 3 is 2.66 bits per heavy atom. The van der Waals surface area contributed by atoms with Crippen LogP contribution in [0, 0.1) is 6.92 Å². The Kier molecular flexibility index (Phi) is 5.14. The summed E-state index contributed by atoms with van der Waals surface area (Å²) in [5.41, 5.74) is 5.63. The van der Waals surface area contributed by atoms with Crippen LogP contribution in [-0.4, -0.2) is 36.3 Å². The molecule has 3 aliphatic heterocycles. The van der Waals surface area contributed by atoms with E-state index in [9.17, 15) is 0 Å². The number of aromatic nitrogens is 2. The molecule has 0 spiro atoms. The number of hydrogen-bond acceptors (Lipinski definition) is 6. The van der Waals surface area contributed by atoms with Crippen molar-refractivity contribution in [1.29, 1.82) is 0 Å². The van der Waals surface area contributed by atoms with E-state index in [2.05, 4.69) is 36.6 Å². The third kappa shape index (κ3) is 3.60. The van der Waals surface area contributed by atoms with E-state index >= 15 is 0 Å². The lowest BCUT2D eigenvalue weighted by Gasteiger charge is -2.26. The second kappa shape index (κ2) is 7.92. The highest BCUT2D eigenvalue weighted by Crippen LogP contribution is 2.44. The summed E-state index contributed by atoms with van der Waals surface area (Å²) in [5, 5.41) is 7.05. The van der Waals surface area contributed by atoms with Crippen LogP contribution in [0.4, 0.5) is 11.5 Å². The van der Waals surface area contributed by atoms with Gasteiger partial charge in [-0.15, -0.1) is 0 Å². The van der Waals surface area contributed by atoms with E-state index in [1.54, 1.807) is 0 Å². The van der Waals surface area contributed by atoms with Crippen LogP contribution in [-0.2, 0) is 4.74 Å². The van der Waals surface area contributed by atoms with E-state index in [4.69, 9.17) is 19.4 Å². The Balaban J connectivity index is 1.53. The Labute approximate surface area is 172 Å². The van der Waals surface area contributed by atoms with E-state index in [0.717, 1.165) is 80.6 Å². The number of hydrogen-bond donors (Lipinski definition) is 2. The molecule has 154 valence electrons. The van der Waals surface area contributed by atoms with Gasteiger partial charge >= 0.3 is 0 Å². The standard InChI is InChI=1S/C23H30N4O2/c1-14-22-20(13-19(26-14)17-3-8-24-9-4-17)27-23-21(15(2)29-22)18(5-10-25-23)16-6-11-28-12-7-16/h5,10,13,15-17,24H,3-4,6-9,11-12H2,1-2H3,(H,25,27). The normalized spacial score (nSPS) is 22.8. The summed E-state index contributed by atoms with van der Waals surface area (Å²) >= 11 is 0. The van der Waals surface area contributed by atoms with E-state index in [1.807, 2.05) is 6.20 Å². The first-order valence-electron chi connectivity index (χ1n) is 10.9. The lowest BCUT2D eigenvalue weighted by atomic mass is 9.87. The topological polar surface area (TPSA) is 68.3 Å². The zero-order valence-corrected chi connectivity index (χ0v) is 17.3. The number of rotatable bonds is 2. The summed E-state index contributed by atoms with van der Waals surface area (Å²) in [6, 6.07) is 4.35. The molecule has 1 atom stereocenters. The molecule has 0 bridgehead atoms. The summed E-state index contributed by atoms with van der Waals surface area (Å²) in [6.07, 6.45) is 6.22. The molecule has 6 nitrogen and oxygen atoms in total. The molecular formula is C23H30N4O2. The van der Waals surface area contributed by atoms with Crippen LogP contribution in [0.2, 0.25) is 0 Å². The molecule has 2 aromatic heterocycles. The van der Waals surface area contributed by atoms with Crippen LogP contribution in [0.15, 0.2) is 18.3 Å². The van der Waals surface area contributed by atoms with Crippen molar-refractivity contribution in [3.8, 4) is 5.75 Å². The van der Waals surface area contributed by atoms with E-state index in [0.29, 0.717) is 11.8 Å². The number of nitrogens with one attached hydrogen (secondary N) is 2. The smallest absolute Gasteiger partial charge is 0.164 e. The molecule has 2 fully saturated rings. The van der Waals surface area contributed by atoms with Crippen molar-refractivity contribution >= 4 is 11.5 Å². The zero-order valence-electron chi connectivity index (χ0n) is 17.3. The van der Waals surface area contributed by atoms with Gasteiger partial charge in [0.1, 0.15) is 11.9 Å². The van der Waals surface area contributed by atoms with Crippen molar-refractivity contribution in [2.24, 2.45) is 0 Å². The molecule has 5 heterocycles. The van der Waals surface area contributed by atoms with Gasteiger partial charge in [0.15, 0.2) is 5.75 Å². The van der Waals surface area contributed by atoms with Gasteiger partial charge in [0.05, 0.1) is 11.4 Å². The van der Waals surface area contributed by atoms with Crippen molar-refractivity contribution < 1.29 is 9.47 Å². The van der Waals surface area contributed by atoms with Crippen molar-refractivity contribution in [3.05, 3.63) is 40.8 Å². The first-order valence-corrected chi connectivity index (χ1v) is 10.9. The Morgan fingerprint density at radius 2 is 1.86 bits per heavy atom. The number of anilines is 2. The average molecular weight is 395 g/mol. The van der Waals surface area contributed by atoms with Gasteiger partial charge < -0.3 is 20.1 Å². The van der Waals surface area contributed by atoms with Gasteiger partial charge in [-0.1, -0.05) is 0 Å². The minimum atomic E-state index is -0.0736. The predicted molar refractivity (Wildman–Crippen MR) is 113 cm³/mol. The first kappa shape index (κ1) is 18.8. The first-order chi connectivity index (χ1) is 14.2. The molecular weight excluding hydrogens is 364 g/mol. The number of fused-ring (bicyclic) bond motifs is 2. The second-order valence-electron chi connectivity index (χ2n) is 8.47. The molecule has 2 N–H and O–H groups in total. The van der Waals surface area contributed by atoms with Crippen LogP contribution in [0.5, 0.6) is 5.75 Å². The third-order valence-electron chi connectivity index (χ3n) is 6.56. The van der Waals surface area contributed by atoms with Crippen molar-refractivity contribution in [3.63, 3.8) is 0 Å². The van der Waals surface area contributed by atoms with E-state index in [1.165, 1.54) is 11.1 Å². The zero-order chi connectivity index (χ0) is 19.8. The van der Waals surface area contributed by atoms with Gasteiger partial charge in [-0.2, -0.15) is 0 Å². The summed E-state index contributed by atoms with van der Waals surface area (Å²) in [4.78, 5) is 9.63. The number of nitrogens with zero attached hydrogens (tertiary/aromatic N) is 2. The van der Waals surface area contributed by atoms with E-state index in [-0.39, 0.29) is 6.10 Å². The molecule has 5 rings (SSSR count). The monoisotopic (exact) mass is 394 g/mol. The van der Waals surface area contributed by atoms with Crippen molar-refractivity contribution in [1.82, 2.24) is 15.3 Å². The highest BCUT2D eigenvalue weighted by Gasteiger charge is 2.30. The number of pyridine rings is 2. The van der Waals surface area contributed by atoms with Gasteiger partial charge in [-0.3, -0.25) is 4.98 Å². The Morgan fingerprint density at radius 1 is 1.07 bits per heavy atom. The SMILES string of the molecule is Cc1nc(C2CCNCC2)cc2c1OC(C)c1c(C3CCOCC3)ccnc1N2. The largest absolute Gasteiger partial charge is 0.482 e. The van der Waals surface area contributed by atoms with Crippen LogP contribution >= 0.6 is 0 Å². The van der Waals surface area contributed by atoms with Crippen molar-refractivity contribution in [2.45, 2.75) is 57.5 Å². The van der Waals surface area contributed by atoms with E-state index < -0.39 is 0 Å². The highest BCUT2D eigenvalue weighted by molar-refractivity contribution is 5.70. The quantitative estimate of drug-likeness (QED) is 0.790. The predicted octanol–water partition coefficient (Wildman–Crippen LogP) is 4.34. The summed E-state index contributed by atoms with van der Waals surface area (Å²) in [5.74, 6) is 2.77. The molecule has 0 aliphatic carbocycles. The molecule has 6 heteroatoms. The highest BCUT2D eigenvalue weighted by atomic mass is 16.5. The summed E-state index contributed by atoms with van der Waals surface area (Å²) in [7, 11) is 0. The summed E-state index contributed by atoms with van der Waals surface area (Å²) < 4.78 is 12.1. The minimum Gasteiger partial charge on any atom is -0.482 e. The number of piperidine rings is 1. The maximum Gasteiger partial charge on any atom is 0.164 e. The van der Waals surface area contributed by atoms with Gasteiger partial charge in [-0.05, 0) is 76.2 Å². The lowest BCUT2D eigenvalue weighted by molar-refractivity contribution is 0.0846. The number of aryl methyl sites for hydroxylation is 1. The Hall–Kier alpha value is -2.18. The van der Waals surface area contributed by atoms with Gasteiger partial charge in [-0.25, -0.2) is 4.98 Å². The maximum atomic E-state index is 6.48. The van der Waals surface area contributed by atoms with Gasteiger partial charge in [0, 0.05) is 36.6 Å². The Bertz CT molecular complexity index is 889. The molecule has 0 amide bonds. The number of ether oxygens (including phenoxy) is 2. The summed E-state index contributed by atoms with van der Waals surface area (Å²) in [6.45, 7) is 7.95. The van der Waals surface area contributed by atoms with Crippen LogP contribution in [0.1, 0.15) is 73.1 Å². The average Bonchev–Trinajstić information content (AvgIpc) is 2.91. The molecule has 0 aromatic carbocycles. The fraction of sp³-hybridized carbons (Fsp3) is 0.565. The molecule has 0 saturated carbocycles. The molecule has 3 aliphatic rings. The molecule has 0 radical (unpaired) electrons. The fourth-order valence-corrected chi connectivity index (χ4v) is 5.00. The van der Waals surface area contributed by atoms with Crippen LogP contribution < -0.4 is 15.4 Å². The molecule has 2 saturated heterocycles. The van der Waals surface area contributed by atoms with Gasteiger partial charge in [0.25, 0.3) is 0 Å². The molecule has 29 heavy (non-hydrogen) atoms. The van der Waals surface area contributed by atoms with Crippen molar-refractivity contribution in [2.75, 3.05) is 31.6 Å². The molecule has 2 aromatic rings. The molecule has 1 unspecified atom stereocenters. The minimum absolute atomic E-state index is 0.0736.